The van der Waals surface area contributed by atoms with Crippen LogP contribution in [-0.4, -0.2) is 208 Å². The summed E-state index contributed by atoms with van der Waals surface area (Å²) in [6, 6.07) is 2.40. The summed E-state index contributed by atoms with van der Waals surface area (Å²) < 4.78 is 0. The minimum Gasteiger partial charge on any atom is -0.481 e. The third-order valence-electron chi connectivity index (χ3n) is 14.8. The first-order valence-electron chi connectivity index (χ1n) is 30.6. The van der Waals surface area contributed by atoms with E-state index < -0.39 is 157 Å². The second kappa shape index (κ2) is 41.8. The van der Waals surface area contributed by atoms with Crippen LogP contribution in [0, 0.1) is 0 Å². The average molecular weight is 1310 g/mol. The van der Waals surface area contributed by atoms with Crippen LogP contribution in [0.15, 0.2) is 70.6 Å². The number of unbranched alkanes of at least 4 members (excludes halogenated alkanes) is 2. The number of aliphatic hydroxyl groups is 1. The lowest BCUT2D eigenvalue weighted by Gasteiger charge is -2.31. The van der Waals surface area contributed by atoms with Gasteiger partial charge in [-0.25, -0.2) is 4.79 Å². The highest BCUT2D eigenvalue weighted by Crippen LogP contribution is 2.21. The molecule has 0 aliphatic carbocycles. The van der Waals surface area contributed by atoms with Gasteiger partial charge in [-0.15, -0.1) is 0 Å². The van der Waals surface area contributed by atoms with E-state index >= 15 is 0 Å². The summed E-state index contributed by atoms with van der Waals surface area (Å²) >= 11 is 0. The molecule has 1 fully saturated rings. The number of carboxylic acids is 3. The second-order valence-corrected chi connectivity index (χ2v) is 22.2. The van der Waals surface area contributed by atoms with E-state index in [-0.39, 0.29) is 109 Å². The van der Waals surface area contributed by atoms with Gasteiger partial charge in [-0.3, -0.25) is 62.7 Å². The van der Waals surface area contributed by atoms with Crippen LogP contribution in [0.4, 0.5) is 0 Å². The molecular formula is C59H92N18O16. The lowest BCUT2D eigenvalue weighted by molar-refractivity contribution is -0.144. The van der Waals surface area contributed by atoms with Gasteiger partial charge in [-0.05, 0) is 114 Å². The van der Waals surface area contributed by atoms with Crippen LogP contribution in [0.2, 0.25) is 0 Å². The normalized spacial score (nSPS) is 15.5. The van der Waals surface area contributed by atoms with Crippen LogP contribution >= 0.6 is 0 Å². The van der Waals surface area contributed by atoms with Crippen LogP contribution in [-0.2, 0) is 70.4 Å². The maximum absolute atomic E-state index is 14.7. The van der Waals surface area contributed by atoms with Crippen molar-refractivity contribution in [3.63, 3.8) is 0 Å². The van der Waals surface area contributed by atoms with Crippen molar-refractivity contribution in [1.82, 2.24) is 47.4 Å². The molecule has 1 aliphatic heterocycles. The molecule has 2 aromatic rings. The number of aliphatic carboxylic acids is 3. The Kier molecular flexibility index (Phi) is 34.9. The van der Waals surface area contributed by atoms with Crippen molar-refractivity contribution in [3.8, 4) is 0 Å². The molecule has 0 saturated carbocycles. The molecule has 10 atom stereocenters. The van der Waals surface area contributed by atoms with Gasteiger partial charge in [0.25, 0.3) is 0 Å². The van der Waals surface area contributed by atoms with E-state index in [9.17, 15) is 78.0 Å². The van der Waals surface area contributed by atoms with E-state index in [1.807, 2.05) is 18.2 Å². The number of guanidine groups is 2. The second-order valence-electron chi connectivity index (χ2n) is 22.2. The molecule has 1 aliphatic rings. The van der Waals surface area contributed by atoms with E-state index in [4.69, 9.17) is 40.1 Å². The molecule has 0 aromatic heterocycles. The number of hydrogen-bond donors (Lipinski definition) is 19. The number of aliphatic imine (C=N–C) groups is 2. The molecule has 0 bridgehead atoms. The Morgan fingerprint density at radius 2 is 0.903 bits per heavy atom. The lowest BCUT2D eigenvalue weighted by Crippen LogP contribution is -2.61. The van der Waals surface area contributed by atoms with Gasteiger partial charge >= 0.3 is 17.9 Å². The van der Waals surface area contributed by atoms with E-state index in [2.05, 4.69) is 52.5 Å². The number of carbonyl (C=O) groups excluding carboxylic acids is 9. The molecule has 9 amide bonds. The maximum Gasteiger partial charge on any atom is 0.326 e. The number of nitrogens with one attached hydrogen (secondary N) is 8. The molecule has 3 rings (SSSR count). The fraction of sp³-hybridized carbons (Fsp3) is 0.559. The first-order chi connectivity index (χ1) is 44.3. The largest absolute Gasteiger partial charge is 0.481 e. The summed E-state index contributed by atoms with van der Waals surface area (Å²) in [4.78, 5) is 172. The minimum atomic E-state index is -1.94. The Morgan fingerprint density at radius 1 is 0.484 bits per heavy atom. The van der Waals surface area contributed by atoms with Crippen molar-refractivity contribution in [2.24, 2.45) is 50.1 Å². The zero-order chi connectivity index (χ0) is 69.0. The fourth-order valence-corrected chi connectivity index (χ4v) is 9.86. The van der Waals surface area contributed by atoms with E-state index in [0.29, 0.717) is 31.4 Å². The smallest absolute Gasteiger partial charge is 0.326 e. The zero-order valence-corrected chi connectivity index (χ0v) is 51.9. The van der Waals surface area contributed by atoms with E-state index in [1.54, 1.807) is 42.5 Å². The summed E-state index contributed by atoms with van der Waals surface area (Å²) in [6.45, 7) is -0.694. The third kappa shape index (κ3) is 29.1. The van der Waals surface area contributed by atoms with Crippen molar-refractivity contribution in [2.75, 3.05) is 39.3 Å². The number of carboxylic acid groups (broad SMARTS) is 3. The molecule has 0 unspecified atom stereocenters. The van der Waals surface area contributed by atoms with Crippen molar-refractivity contribution in [2.45, 2.75) is 170 Å². The maximum atomic E-state index is 14.7. The topological polar surface area (TPSA) is 592 Å². The van der Waals surface area contributed by atoms with E-state index in [0.717, 1.165) is 5.56 Å². The van der Waals surface area contributed by atoms with Crippen LogP contribution in [0.3, 0.4) is 0 Å². The Morgan fingerprint density at radius 3 is 1.39 bits per heavy atom. The summed E-state index contributed by atoms with van der Waals surface area (Å²) in [5.74, 6) is -13.8. The van der Waals surface area contributed by atoms with Crippen molar-refractivity contribution < 1.29 is 78.0 Å². The van der Waals surface area contributed by atoms with Gasteiger partial charge < -0.3 is 108 Å². The van der Waals surface area contributed by atoms with Crippen molar-refractivity contribution >= 4 is 83.0 Å². The summed E-state index contributed by atoms with van der Waals surface area (Å²) in [5.41, 5.74) is 40.8. The quantitative estimate of drug-likeness (QED) is 0.0167. The highest BCUT2D eigenvalue weighted by Gasteiger charge is 2.40. The van der Waals surface area contributed by atoms with Gasteiger partial charge in [-0.2, -0.15) is 0 Å². The first-order valence-corrected chi connectivity index (χ1v) is 30.6. The molecule has 1 heterocycles. The summed E-state index contributed by atoms with van der Waals surface area (Å²) in [6.07, 6.45) is -0.852. The first kappa shape index (κ1) is 77.7. The molecular weight excluding hydrogens is 1220 g/mol. The number of likely N-dealkylation sites (tertiary alicyclic amines) is 1. The highest BCUT2D eigenvalue weighted by atomic mass is 16.4. The van der Waals surface area contributed by atoms with Gasteiger partial charge in [0.2, 0.25) is 53.2 Å². The van der Waals surface area contributed by atoms with Crippen LogP contribution < -0.4 is 82.7 Å². The van der Waals surface area contributed by atoms with E-state index in [1.165, 1.54) is 4.90 Å². The average Bonchev–Trinajstić information content (AvgIpc) is 1.80. The molecule has 34 nitrogen and oxygen atoms in total. The molecule has 26 N–H and O–H groups in total. The third-order valence-corrected chi connectivity index (χ3v) is 14.8. The summed E-state index contributed by atoms with van der Waals surface area (Å²) in [5, 5.41) is 59.1. The number of amides is 9. The number of aliphatic hydroxyl groups excluding tert-OH is 1. The number of hydrogen-bond acceptors (Lipinski definition) is 18. The molecule has 1 saturated heterocycles. The molecule has 514 valence electrons. The monoisotopic (exact) mass is 1310 g/mol. The predicted molar refractivity (Wildman–Crippen MR) is 338 cm³/mol. The SMILES string of the molecule is NCCCC[C@H](NC(=O)[C@H](CO)NC(=O)[C@H](CCC(=O)O)NC(=O)[C@H](CCCN=C(N)N)NC(=O)[C@H](Cc1ccccc1)NC(=O)[C@@H]1CCCN1C(=O)[C@H](CCCCN)NC(=O)[C@@H](N)Cc1ccccc1)C(=O)N[C@@H](CC(=O)O)C(=O)N[C@@H](CCCN=C(N)N)C(=O)O. The number of benzene rings is 2. The molecule has 0 radical (unpaired) electrons. The number of nitrogens with two attached hydrogens (primary N) is 7. The zero-order valence-electron chi connectivity index (χ0n) is 51.9. The molecule has 2 aromatic carbocycles. The van der Waals surface area contributed by atoms with Gasteiger partial charge in [0.1, 0.15) is 54.4 Å². The Labute approximate surface area is 537 Å². The van der Waals surface area contributed by atoms with Crippen LogP contribution in [0.5, 0.6) is 0 Å². The van der Waals surface area contributed by atoms with Gasteiger partial charge in [0, 0.05) is 32.5 Å². The Balaban J connectivity index is 1.92. The minimum absolute atomic E-state index is 0.0103. The van der Waals surface area contributed by atoms with Crippen LogP contribution in [0.1, 0.15) is 107 Å². The standard InChI is InChI=1S/C59H92N18O16/c60-25-9-7-18-37(50(85)74-43(32-47(81)82)53(88)73-41(57(92)93)21-12-28-68-59(65)66)70-54(89)44(33-78)76-51(86)39(23-24-46(79)80)71-49(84)38(20-11-27-67-58(63)64)69-52(87)42(31-35-16-5-2-6-17-35)75-55(90)45-22-13-29-77(45)56(91)40(19-8-10-26-61)72-48(83)36(62)30-34-14-3-1-4-15-34/h1-6,14-17,36-45,78H,7-13,18-33,60-62H2,(H,69,87)(H,70,89)(H,71,84)(H,72,83)(H,73,88)(H,74,85)(H,75,90)(H,76,86)(H,79,80)(H,81,82)(H,92,93)(H4,63,64,67)(H4,65,66,68)/t36-,37-,38-,39-,40-,41-,42-,43-,44-,45-/m0/s1. The Bertz CT molecular complexity index is 2860. The lowest BCUT2D eigenvalue weighted by atomic mass is 10.0. The fourth-order valence-electron chi connectivity index (χ4n) is 9.86. The van der Waals surface area contributed by atoms with Gasteiger partial charge in [0.15, 0.2) is 11.9 Å². The number of rotatable bonds is 44. The molecule has 0 spiro atoms. The summed E-state index contributed by atoms with van der Waals surface area (Å²) in [7, 11) is 0. The molecule has 93 heavy (non-hydrogen) atoms. The Hall–Kier alpha value is -9.54. The number of nitrogens with zero attached hydrogens (tertiary/aromatic N) is 3. The van der Waals surface area contributed by atoms with Crippen molar-refractivity contribution in [1.29, 1.82) is 0 Å². The van der Waals surface area contributed by atoms with Gasteiger partial charge in [-0.1, -0.05) is 60.7 Å². The van der Waals surface area contributed by atoms with Crippen molar-refractivity contribution in [3.05, 3.63) is 71.8 Å². The number of carbonyl (C=O) groups is 12. The van der Waals surface area contributed by atoms with Gasteiger partial charge in [0.05, 0.1) is 19.1 Å². The highest BCUT2D eigenvalue weighted by molar-refractivity contribution is 5.99. The predicted octanol–water partition coefficient (Wildman–Crippen LogP) is -5.55. The van der Waals surface area contributed by atoms with Crippen LogP contribution in [0.25, 0.3) is 0 Å². The molecule has 34 heteroatoms.